The molecule has 5 aromatic rings. The van der Waals surface area contributed by atoms with Crippen molar-refractivity contribution in [2.24, 2.45) is 5.10 Å². The molecular weight excluding hydrogens is 799 g/mol. The Balaban J connectivity index is 1.32. The summed E-state index contributed by atoms with van der Waals surface area (Å²) in [5, 5.41) is 4.82. The van der Waals surface area contributed by atoms with Crippen LogP contribution in [0.25, 0.3) is 10.2 Å². The van der Waals surface area contributed by atoms with Gasteiger partial charge >= 0.3 is 23.9 Å². The van der Waals surface area contributed by atoms with Gasteiger partial charge < -0.3 is 33.2 Å². The van der Waals surface area contributed by atoms with Gasteiger partial charge in [-0.1, -0.05) is 49.3 Å². The van der Waals surface area contributed by atoms with E-state index < -0.39 is 49.0 Å². The molecule has 17 heteroatoms. The molecule has 1 heterocycles. The highest BCUT2D eigenvalue weighted by Gasteiger charge is 2.19. The topological polar surface area (TPSA) is 204 Å². The molecule has 0 saturated heterocycles. The Bertz CT molecular complexity index is 2430. The number of esters is 4. The minimum Gasteiger partial charge on any atom is -0.457 e. The molecule has 60 heavy (non-hydrogen) atoms. The quantitative estimate of drug-likeness (QED) is 0.00905. The number of nitrogens with one attached hydrogen (secondary N) is 1. The summed E-state index contributed by atoms with van der Waals surface area (Å²) in [7, 11) is 0. The van der Waals surface area contributed by atoms with Crippen LogP contribution in [0.15, 0.2) is 128 Å². The number of rotatable bonds is 22. The van der Waals surface area contributed by atoms with Crippen LogP contribution < -0.4 is 24.4 Å². The molecule has 0 aliphatic heterocycles. The number of ketones is 2. The van der Waals surface area contributed by atoms with E-state index in [1.807, 2.05) is 24.3 Å². The van der Waals surface area contributed by atoms with Crippen molar-refractivity contribution in [3.05, 3.63) is 145 Å². The van der Waals surface area contributed by atoms with Gasteiger partial charge in [0.05, 0.1) is 22.0 Å². The predicted octanol–water partition coefficient (Wildman–Crippen LogP) is 6.54. The fraction of sp³-hybridized carbons (Fsp3) is 0.116. The molecule has 0 bridgehead atoms. The zero-order chi connectivity index (χ0) is 42.9. The average molecular weight is 834 g/mol. The molecule has 0 aliphatic rings. The summed E-state index contributed by atoms with van der Waals surface area (Å²) in [6.07, 6.45) is 4.32. The molecule has 5 rings (SSSR count). The number of Topliss-reactive ketones (excluding diaryl/α,β-unsaturated/α-hetero) is 2. The molecule has 1 N–H and O–H groups in total. The van der Waals surface area contributed by atoms with Gasteiger partial charge in [0, 0.05) is 35.8 Å². The maximum absolute atomic E-state index is 13.5. The monoisotopic (exact) mass is 833 g/mol. The average Bonchev–Trinajstić information content (AvgIpc) is 3.69. The first-order valence-corrected chi connectivity index (χ1v) is 18.5. The third kappa shape index (κ3) is 12.5. The maximum atomic E-state index is 13.5. The van der Waals surface area contributed by atoms with Gasteiger partial charge in [0.2, 0.25) is 37.1 Å². The number of carbonyl (C=O) groups is 6. The number of ether oxygens (including phenoxy) is 7. The molecular formula is C43H35N3O13S. The van der Waals surface area contributed by atoms with E-state index in [2.05, 4.69) is 35.2 Å². The number of hydrogen-bond acceptors (Lipinski definition) is 17. The van der Waals surface area contributed by atoms with E-state index in [1.54, 1.807) is 12.1 Å². The number of carbonyl (C=O) groups excluding carboxylic acids is 6. The lowest BCUT2D eigenvalue weighted by Gasteiger charge is -2.14. The van der Waals surface area contributed by atoms with E-state index in [0.717, 1.165) is 28.4 Å². The molecule has 0 saturated carbocycles. The molecule has 0 fully saturated rings. The van der Waals surface area contributed by atoms with Crippen LogP contribution in [0.3, 0.4) is 0 Å². The zero-order valence-electron chi connectivity index (χ0n) is 31.7. The molecule has 0 atom stereocenters. The number of hydrazone groups is 1. The third-order valence-electron chi connectivity index (χ3n) is 7.88. The SMILES string of the molecule is C=CC(=O)OCOc1ccc(C(=O)C(=O)CCc2ccc(OC(=O)c3ccc(OCOC(=O)C=C)c(OCOC(=O)C=C)c3)c(/C=N/Nc3nc4ccccc4s3)c2)cc1. The van der Waals surface area contributed by atoms with Crippen LogP contribution in [0.4, 0.5) is 5.13 Å². The summed E-state index contributed by atoms with van der Waals surface area (Å²) < 4.78 is 37.5. The van der Waals surface area contributed by atoms with Crippen LogP contribution in [-0.4, -0.2) is 67.0 Å². The van der Waals surface area contributed by atoms with E-state index >= 15 is 0 Å². The number of hydrogen-bond donors (Lipinski definition) is 1. The molecule has 0 amide bonds. The van der Waals surface area contributed by atoms with Gasteiger partial charge in [-0.25, -0.2) is 24.2 Å². The Morgan fingerprint density at radius 1 is 0.683 bits per heavy atom. The van der Waals surface area contributed by atoms with Gasteiger partial charge in [-0.05, 0) is 78.7 Å². The summed E-state index contributed by atoms with van der Waals surface area (Å²) in [4.78, 5) is 78.2. The van der Waals surface area contributed by atoms with Gasteiger partial charge in [-0.3, -0.25) is 15.0 Å². The Labute approximate surface area is 346 Å². The lowest BCUT2D eigenvalue weighted by Crippen LogP contribution is -2.15. The van der Waals surface area contributed by atoms with Crippen molar-refractivity contribution in [1.82, 2.24) is 4.98 Å². The van der Waals surface area contributed by atoms with Crippen LogP contribution in [0.5, 0.6) is 23.0 Å². The molecule has 0 unspecified atom stereocenters. The van der Waals surface area contributed by atoms with Crippen molar-refractivity contribution in [2.45, 2.75) is 12.8 Å². The van der Waals surface area contributed by atoms with Gasteiger partial charge in [-0.15, -0.1) is 0 Å². The second kappa shape index (κ2) is 21.6. The fourth-order valence-electron chi connectivity index (χ4n) is 4.92. The van der Waals surface area contributed by atoms with E-state index in [1.165, 1.54) is 66.1 Å². The molecule has 1 aromatic heterocycles. The molecule has 0 radical (unpaired) electrons. The van der Waals surface area contributed by atoms with Gasteiger partial charge in [-0.2, -0.15) is 5.10 Å². The Kier molecular flexibility index (Phi) is 15.5. The molecule has 4 aromatic carbocycles. The third-order valence-corrected chi connectivity index (χ3v) is 8.82. The predicted molar refractivity (Wildman–Crippen MR) is 218 cm³/mol. The van der Waals surface area contributed by atoms with Crippen LogP contribution in [0.2, 0.25) is 0 Å². The number of nitrogens with zero attached hydrogens (tertiary/aromatic N) is 2. The number of anilines is 1. The Morgan fingerprint density at radius 3 is 1.97 bits per heavy atom. The smallest absolute Gasteiger partial charge is 0.343 e. The highest BCUT2D eigenvalue weighted by molar-refractivity contribution is 7.22. The van der Waals surface area contributed by atoms with Crippen molar-refractivity contribution in [2.75, 3.05) is 25.8 Å². The normalized spacial score (nSPS) is 10.5. The number of aromatic nitrogens is 1. The van der Waals surface area contributed by atoms with Gasteiger partial charge in [0.25, 0.3) is 0 Å². The number of fused-ring (bicyclic) bond motifs is 1. The summed E-state index contributed by atoms with van der Waals surface area (Å²) in [6, 6.07) is 22.1. The van der Waals surface area contributed by atoms with Crippen molar-refractivity contribution in [3.8, 4) is 23.0 Å². The maximum Gasteiger partial charge on any atom is 0.343 e. The highest BCUT2D eigenvalue weighted by Crippen LogP contribution is 2.30. The summed E-state index contributed by atoms with van der Waals surface area (Å²) >= 11 is 1.38. The largest absolute Gasteiger partial charge is 0.457 e. The van der Waals surface area contributed by atoms with Gasteiger partial charge in [0.1, 0.15) is 11.5 Å². The first-order valence-electron chi connectivity index (χ1n) is 17.6. The van der Waals surface area contributed by atoms with E-state index in [9.17, 15) is 28.8 Å². The second-order valence-electron chi connectivity index (χ2n) is 11.8. The second-order valence-corrected chi connectivity index (χ2v) is 12.9. The van der Waals surface area contributed by atoms with E-state index in [-0.39, 0.29) is 48.0 Å². The van der Waals surface area contributed by atoms with Crippen LogP contribution in [0.1, 0.15) is 38.3 Å². The highest BCUT2D eigenvalue weighted by atomic mass is 32.1. The summed E-state index contributed by atoms with van der Waals surface area (Å²) in [5.74, 6) is -3.94. The molecule has 0 aliphatic carbocycles. The number of thiazole rings is 1. The first kappa shape index (κ1) is 43.2. The van der Waals surface area contributed by atoms with Crippen LogP contribution in [-0.2, 0) is 39.8 Å². The lowest BCUT2D eigenvalue weighted by molar-refractivity contribution is -0.146. The van der Waals surface area contributed by atoms with Crippen LogP contribution in [0, 0.1) is 0 Å². The molecule has 0 spiro atoms. The standard InChI is InChI=1S/C43H35N3O13S/c1-4-38(48)56-24-53-31-16-13-28(14-17-31)41(51)33(47)18-11-27-12-19-34(30(21-27)23-44-46-43-45-32-9-7-8-10-37(32)60-43)59-42(52)29-15-20-35(54-25-57-39(49)5-2)36(22-29)55-26-58-40(50)6-3/h4-10,12-17,19-23H,1-3,11,18,24-26H2,(H,45,46)/b44-23+. The minimum absolute atomic E-state index is 0.00474. The summed E-state index contributed by atoms with van der Waals surface area (Å²) in [5.41, 5.74) is 4.77. The van der Waals surface area contributed by atoms with Crippen LogP contribution >= 0.6 is 11.3 Å². The van der Waals surface area contributed by atoms with Crippen molar-refractivity contribution < 1.29 is 61.9 Å². The van der Waals surface area contributed by atoms with E-state index in [4.69, 9.17) is 33.2 Å². The van der Waals surface area contributed by atoms with Crippen molar-refractivity contribution in [1.29, 1.82) is 0 Å². The van der Waals surface area contributed by atoms with Crippen molar-refractivity contribution in [3.63, 3.8) is 0 Å². The Morgan fingerprint density at radius 2 is 1.30 bits per heavy atom. The number of para-hydroxylation sites is 1. The van der Waals surface area contributed by atoms with Gasteiger partial charge in [0.15, 0.2) is 11.5 Å². The number of aryl methyl sites for hydroxylation is 1. The van der Waals surface area contributed by atoms with Crippen molar-refractivity contribution >= 4 is 68.3 Å². The van der Waals surface area contributed by atoms with E-state index in [0.29, 0.717) is 22.0 Å². The fourth-order valence-corrected chi connectivity index (χ4v) is 5.74. The lowest BCUT2D eigenvalue weighted by atomic mass is 10.00. The summed E-state index contributed by atoms with van der Waals surface area (Å²) in [6.45, 7) is 8.49. The first-order chi connectivity index (χ1) is 29.1. The number of benzene rings is 4. The Hall–Kier alpha value is -7.92. The zero-order valence-corrected chi connectivity index (χ0v) is 32.5. The molecule has 16 nitrogen and oxygen atoms in total. The minimum atomic E-state index is -0.830. The molecule has 306 valence electrons.